The van der Waals surface area contributed by atoms with Gasteiger partial charge in [0.15, 0.2) is 11.6 Å². The minimum Gasteiger partial charge on any atom is -0.489 e. The van der Waals surface area contributed by atoms with Crippen LogP contribution in [0.3, 0.4) is 0 Å². The second-order valence-electron chi connectivity index (χ2n) is 2.60. The lowest BCUT2D eigenvalue weighted by molar-refractivity contribution is 0.260. The van der Waals surface area contributed by atoms with Gasteiger partial charge in [0.25, 0.3) is 0 Å². The Balaban J connectivity index is 3.03. The molecule has 0 saturated carbocycles. The summed E-state index contributed by atoms with van der Waals surface area (Å²) in [4.78, 5) is 0. The van der Waals surface area contributed by atoms with Crippen molar-refractivity contribution >= 4 is 0 Å². The first-order valence-corrected chi connectivity index (χ1v) is 4.02. The summed E-state index contributed by atoms with van der Waals surface area (Å²) in [6, 6.07) is 2.22. The van der Waals surface area contributed by atoms with Crippen LogP contribution in [0, 0.1) is 11.6 Å². The zero-order valence-corrected chi connectivity index (χ0v) is 7.46. The highest BCUT2D eigenvalue weighted by Crippen LogP contribution is 2.23. The van der Waals surface area contributed by atoms with Gasteiger partial charge >= 0.3 is 0 Å². The van der Waals surface area contributed by atoms with Crippen molar-refractivity contribution in [3.05, 3.63) is 42.0 Å². The lowest BCUT2D eigenvalue weighted by atomic mass is 10.2. The molecule has 4 heteroatoms. The molecule has 0 heterocycles. The number of hydrogen-bond acceptors (Lipinski definition) is 2. The monoisotopic (exact) mass is 200 g/mol. The summed E-state index contributed by atoms with van der Waals surface area (Å²) in [5.41, 5.74) is -0.174. The normalized spacial score (nSPS) is 9.93. The maximum Gasteiger partial charge on any atom is 0.168 e. The highest BCUT2D eigenvalue weighted by atomic mass is 19.2. The molecule has 0 amide bonds. The van der Waals surface area contributed by atoms with Crippen LogP contribution in [0.5, 0.6) is 5.75 Å². The third kappa shape index (κ3) is 2.09. The predicted molar refractivity (Wildman–Crippen MR) is 48.0 cm³/mol. The molecular formula is C10H10F2O2. The number of halogens is 2. The Bertz CT molecular complexity index is 337. The second-order valence-corrected chi connectivity index (χ2v) is 2.60. The molecule has 1 N–H and O–H groups in total. The average molecular weight is 200 g/mol. The maximum atomic E-state index is 13.0. The van der Waals surface area contributed by atoms with Gasteiger partial charge in [0, 0.05) is 0 Å². The number of hydrogen-bond donors (Lipinski definition) is 1. The molecule has 0 bridgehead atoms. The van der Waals surface area contributed by atoms with Crippen LogP contribution in [-0.4, -0.2) is 11.7 Å². The van der Waals surface area contributed by atoms with E-state index in [1.165, 1.54) is 12.1 Å². The lowest BCUT2D eigenvalue weighted by Crippen LogP contribution is -2.01. The summed E-state index contributed by atoms with van der Waals surface area (Å²) < 4.78 is 30.8. The van der Waals surface area contributed by atoms with Gasteiger partial charge < -0.3 is 9.84 Å². The van der Waals surface area contributed by atoms with E-state index in [1.807, 2.05) is 0 Å². The lowest BCUT2D eigenvalue weighted by Gasteiger charge is -2.09. The molecular weight excluding hydrogens is 190 g/mol. The van der Waals surface area contributed by atoms with Crippen molar-refractivity contribution in [2.24, 2.45) is 0 Å². The fourth-order valence-corrected chi connectivity index (χ4v) is 1.01. The molecule has 0 aliphatic heterocycles. The molecule has 0 fully saturated rings. The van der Waals surface area contributed by atoms with Gasteiger partial charge in [-0.25, -0.2) is 8.78 Å². The summed E-state index contributed by atoms with van der Waals surface area (Å²) in [5, 5.41) is 8.81. The van der Waals surface area contributed by atoms with Gasteiger partial charge in [0.1, 0.15) is 12.4 Å². The molecule has 1 aromatic rings. The van der Waals surface area contributed by atoms with Crippen LogP contribution in [-0.2, 0) is 6.61 Å². The third-order valence-corrected chi connectivity index (χ3v) is 1.67. The zero-order valence-electron chi connectivity index (χ0n) is 7.46. The van der Waals surface area contributed by atoms with Crippen molar-refractivity contribution in [3.63, 3.8) is 0 Å². The van der Waals surface area contributed by atoms with E-state index in [-0.39, 0.29) is 17.9 Å². The Hall–Kier alpha value is -1.42. The Kier molecular flexibility index (Phi) is 3.59. The topological polar surface area (TPSA) is 29.5 Å². The van der Waals surface area contributed by atoms with E-state index in [0.29, 0.717) is 0 Å². The Morgan fingerprint density at radius 2 is 2.14 bits per heavy atom. The molecule has 1 rings (SSSR count). The molecule has 2 nitrogen and oxygen atoms in total. The highest BCUT2D eigenvalue weighted by Gasteiger charge is 2.13. The van der Waals surface area contributed by atoms with Gasteiger partial charge in [-0.1, -0.05) is 12.7 Å². The number of ether oxygens (including phenoxy) is 1. The Morgan fingerprint density at radius 3 is 2.71 bits per heavy atom. The molecule has 76 valence electrons. The number of benzene rings is 1. The van der Waals surface area contributed by atoms with Crippen molar-refractivity contribution in [3.8, 4) is 5.75 Å². The van der Waals surface area contributed by atoms with Crippen LogP contribution in [0.25, 0.3) is 0 Å². The van der Waals surface area contributed by atoms with Crippen molar-refractivity contribution in [2.45, 2.75) is 6.61 Å². The number of rotatable bonds is 4. The fraction of sp³-hybridized carbons (Fsp3) is 0.200. The second kappa shape index (κ2) is 4.72. The van der Waals surface area contributed by atoms with E-state index in [1.54, 1.807) is 0 Å². The largest absolute Gasteiger partial charge is 0.489 e. The van der Waals surface area contributed by atoms with Crippen LogP contribution in [0.15, 0.2) is 24.8 Å². The van der Waals surface area contributed by atoms with E-state index in [2.05, 4.69) is 6.58 Å². The molecule has 0 aromatic heterocycles. The smallest absolute Gasteiger partial charge is 0.168 e. The molecule has 0 aliphatic carbocycles. The molecule has 0 atom stereocenters. The van der Waals surface area contributed by atoms with Crippen molar-refractivity contribution in [2.75, 3.05) is 6.61 Å². The van der Waals surface area contributed by atoms with Crippen LogP contribution in [0.2, 0.25) is 0 Å². The summed E-state index contributed by atoms with van der Waals surface area (Å²) in [6.07, 6.45) is 1.47. The highest BCUT2D eigenvalue weighted by molar-refractivity contribution is 5.34. The van der Waals surface area contributed by atoms with Crippen molar-refractivity contribution in [1.29, 1.82) is 0 Å². The van der Waals surface area contributed by atoms with Crippen LogP contribution in [0.1, 0.15) is 5.56 Å². The molecule has 0 radical (unpaired) electrons. The van der Waals surface area contributed by atoms with Crippen LogP contribution in [0.4, 0.5) is 8.78 Å². The van der Waals surface area contributed by atoms with Gasteiger partial charge in [-0.2, -0.15) is 0 Å². The standard InChI is InChI=1S/C10H10F2O2/c1-2-5-14-9-4-3-8(11)10(12)7(9)6-13/h2-4,13H,1,5-6H2. The molecule has 0 unspecified atom stereocenters. The van der Waals surface area contributed by atoms with Crippen molar-refractivity contribution < 1.29 is 18.6 Å². The molecule has 0 aliphatic rings. The van der Waals surface area contributed by atoms with E-state index in [9.17, 15) is 8.78 Å². The summed E-state index contributed by atoms with van der Waals surface area (Å²) in [5.74, 6) is -1.94. The Morgan fingerprint density at radius 1 is 1.43 bits per heavy atom. The van der Waals surface area contributed by atoms with Gasteiger partial charge in [-0.3, -0.25) is 0 Å². The Labute approximate surface area is 80.4 Å². The molecule has 1 aromatic carbocycles. The van der Waals surface area contributed by atoms with E-state index < -0.39 is 18.2 Å². The first-order valence-electron chi connectivity index (χ1n) is 4.02. The van der Waals surface area contributed by atoms with E-state index in [0.717, 1.165) is 6.07 Å². The van der Waals surface area contributed by atoms with Gasteiger partial charge in [0.2, 0.25) is 0 Å². The molecule has 14 heavy (non-hydrogen) atoms. The maximum absolute atomic E-state index is 13.0. The van der Waals surface area contributed by atoms with Gasteiger partial charge in [-0.15, -0.1) is 0 Å². The average Bonchev–Trinajstić information content (AvgIpc) is 2.20. The predicted octanol–water partition coefficient (Wildman–Crippen LogP) is 2.02. The molecule has 0 saturated heterocycles. The molecule has 0 spiro atoms. The number of aliphatic hydroxyl groups is 1. The third-order valence-electron chi connectivity index (χ3n) is 1.67. The van der Waals surface area contributed by atoms with Crippen molar-refractivity contribution in [1.82, 2.24) is 0 Å². The van der Waals surface area contributed by atoms with Gasteiger partial charge in [0.05, 0.1) is 12.2 Å². The van der Waals surface area contributed by atoms with Gasteiger partial charge in [-0.05, 0) is 12.1 Å². The van der Waals surface area contributed by atoms with E-state index >= 15 is 0 Å². The quantitative estimate of drug-likeness (QED) is 0.753. The zero-order chi connectivity index (χ0) is 10.6. The first-order chi connectivity index (χ1) is 6.70. The summed E-state index contributed by atoms with van der Waals surface area (Å²) in [6.45, 7) is 2.99. The fourth-order valence-electron chi connectivity index (χ4n) is 1.01. The minimum absolute atomic E-state index is 0.131. The van der Waals surface area contributed by atoms with E-state index in [4.69, 9.17) is 9.84 Å². The minimum atomic E-state index is -1.07. The number of aliphatic hydroxyl groups excluding tert-OH is 1. The van der Waals surface area contributed by atoms with Crippen LogP contribution >= 0.6 is 0 Å². The summed E-state index contributed by atoms with van der Waals surface area (Å²) >= 11 is 0. The summed E-state index contributed by atoms with van der Waals surface area (Å²) in [7, 11) is 0. The first kappa shape index (κ1) is 10.7. The van der Waals surface area contributed by atoms with Crippen LogP contribution < -0.4 is 4.74 Å². The SMILES string of the molecule is C=CCOc1ccc(F)c(F)c1CO.